The van der Waals surface area contributed by atoms with E-state index in [1.807, 2.05) is 59.5 Å². The van der Waals surface area contributed by atoms with Crippen LogP contribution in [-0.2, 0) is 0 Å². The summed E-state index contributed by atoms with van der Waals surface area (Å²) in [5.41, 5.74) is 2.76. The maximum absolute atomic E-state index is 12.7. The molecule has 34 heavy (non-hydrogen) atoms. The van der Waals surface area contributed by atoms with Crippen molar-refractivity contribution in [3.8, 4) is 0 Å². The second kappa shape index (κ2) is 10.9. The van der Waals surface area contributed by atoms with Gasteiger partial charge in [0.1, 0.15) is 0 Å². The molecule has 2 N–H and O–H groups in total. The Bertz CT molecular complexity index is 1210. The summed E-state index contributed by atoms with van der Waals surface area (Å²) < 4.78 is 0. The van der Waals surface area contributed by atoms with Crippen LogP contribution in [-0.4, -0.2) is 48.0 Å². The number of para-hydroxylation sites is 2. The van der Waals surface area contributed by atoms with Crippen LogP contribution < -0.4 is 15.5 Å². The molecule has 0 saturated carbocycles. The molecular formula is C25H22Cl2N4O2S. The number of amides is 2. The third kappa shape index (κ3) is 5.67. The van der Waals surface area contributed by atoms with Gasteiger partial charge < -0.3 is 15.1 Å². The van der Waals surface area contributed by atoms with E-state index in [2.05, 4.69) is 15.5 Å². The standard InChI is InChI=1S/C25H22Cl2N4O2S/c26-19-11-10-18(16-20(19)27)23(32)29-25(34)28-21-8-4-5-9-22(21)30-12-14-31(15-13-30)24(33)17-6-2-1-3-7-17/h1-11,16H,12-15H2,(H2,28,29,32,34). The Balaban J connectivity index is 1.38. The van der Waals surface area contributed by atoms with Crippen molar-refractivity contribution in [2.75, 3.05) is 36.4 Å². The minimum Gasteiger partial charge on any atom is -0.366 e. The van der Waals surface area contributed by atoms with Crippen LogP contribution in [0.5, 0.6) is 0 Å². The number of anilines is 2. The van der Waals surface area contributed by atoms with E-state index in [1.54, 1.807) is 12.1 Å². The number of piperazine rings is 1. The summed E-state index contributed by atoms with van der Waals surface area (Å²) in [5, 5.41) is 6.62. The highest BCUT2D eigenvalue weighted by atomic mass is 35.5. The van der Waals surface area contributed by atoms with Crippen LogP contribution in [0.1, 0.15) is 20.7 Å². The molecular weight excluding hydrogens is 491 g/mol. The van der Waals surface area contributed by atoms with Gasteiger partial charge >= 0.3 is 0 Å². The van der Waals surface area contributed by atoms with E-state index >= 15 is 0 Å². The van der Waals surface area contributed by atoms with Gasteiger partial charge in [-0.05, 0) is 54.7 Å². The normalized spacial score (nSPS) is 13.4. The summed E-state index contributed by atoms with van der Waals surface area (Å²) >= 11 is 17.3. The van der Waals surface area contributed by atoms with Gasteiger partial charge in [-0.25, -0.2) is 0 Å². The molecule has 0 bridgehead atoms. The van der Waals surface area contributed by atoms with Gasteiger partial charge in [0.15, 0.2) is 5.11 Å². The molecule has 6 nitrogen and oxygen atoms in total. The van der Waals surface area contributed by atoms with Crippen molar-refractivity contribution < 1.29 is 9.59 Å². The summed E-state index contributed by atoms with van der Waals surface area (Å²) in [6.07, 6.45) is 0. The zero-order chi connectivity index (χ0) is 24.1. The molecule has 174 valence electrons. The Hall–Kier alpha value is -3.13. The van der Waals surface area contributed by atoms with Gasteiger partial charge in [0.2, 0.25) is 0 Å². The molecule has 1 aliphatic heterocycles. The molecule has 3 aromatic rings. The van der Waals surface area contributed by atoms with Crippen LogP contribution in [0.3, 0.4) is 0 Å². The van der Waals surface area contributed by atoms with Gasteiger partial charge in [-0.15, -0.1) is 0 Å². The number of rotatable bonds is 4. The highest BCUT2D eigenvalue weighted by molar-refractivity contribution is 7.80. The number of halogens is 2. The Morgan fingerprint density at radius 3 is 2.18 bits per heavy atom. The first-order valence-electron chi connectivity index (χ1n) is 10.7. The molecule has 4 rings (SSSR count). The molecule has 0 aromatic heterocycles. The molecule has 2 amide bonds. The van der Waals surface area contributed by atoms with Gasteiger partial charge in [-0.1, -0.05) is 53.5 Å². The predicted octanol–water partition coefficient (Wildman–Crippen LogP) is 5.08. The van der Waals surface area contributed by atoms with Gasteiger partial charge in [-0.3, -0.25) is 14.9 Å². The third-order valence-corrected chi connectivity index (χ3v) is 6.43. The average molecular weight is 513 g/mol. The van der Waals surface area contributed by atoms with Crippen LogP contribution in [0.4, 0.5) is 11.4 Å². The zero-order valence-electron chi connectivity index (χ0n) is 18.1. The number of thiocarbonyl (C=S) groups is 1. The number of carbonyl (C=O) groups is 2. The number of nitrogens with one attached hydrogen (secondary N) is 2. The molecule has 0 aliphatic carbocycles. The van der Waals surface area contributed by atoms with Crippen LogP contribution in [0.15, 0.2) is 72.8 Å². The smallest absolute Gasteiger partial charge is 0.257 e. The average Bonchev–Trinajstić information content (AvgIpc) is 2.86. The summed E-state index contributed by atoms with van der Waals surface area (Å²) in [6, 6.07) is 21.7. The fourth-order valence-corrected chi connectivity index (χ4v) is 4.24. The lowest BCUT2D eigenvalue weighted by molar-refractivity contribution is 0.0746. The molecule has 1 heterocycles. The van der Waals surface area contributed by atoms with E-state index in [0.717, 1.165) is 11.4 Å². The quantitative estimate of drug-likeness (QED) is 0.477. The lowest BCUT2D eigenvalue weighted by Gasteiger charge is -2.37. The van der Waals surface area contributed by atoms with E-state index in [-0.39, 0.29) is 16.9 Å². The minimum absolute atomic E-state index is 0.0397. The van der Waals surface area contributed by atoms with E-state index < -0.39 is 0 Å². The Morgan fingerprint density at radius 2 is 1.47 bits per heavy atom. The molecule has 9 heteroatoms. The van der Waals surface area contributed by atoms with Crippen molar-refractivity contribution in [1.29, 1.82) is 0 Å². The highest BCUT2D eigenvalue weighted by Gasteiger charge is 2.23. The fraction of sp³-hybridized carbons (Fsp3) is 0.160. The lowest BCUT2D eigenvalue weighted by atomic mass is 10.1. The number of hydrogen-bond acceptors (Lipinski definition) is 4. The van der Waals surface area contributed by atoms with Gasteiger partial charge in [0, 0.05) is 37.3 Å². The molecule has 1 aliphatic rings. The summed E-state index contributed by atoms with van der Waals surface area (Å²) in [4.78, 5) is 29.3. The molecule has 1 saturated heterocycles. The number of nitrogens with zero attached hydrogens (tertiary/aromatic N) is 2. The predicted molar refractivity (Wildman–Crippen MR) is 141 cm³/mol. The largest absolute Gasteiger partial charge is 0.366 e. The SMILES string of the molecule is O=C(NC(=S)Nc1ccccc1N1CCN(C(=O)c2ccccc2)CC1)c1ccc(Cl)c(Cl)c1. The molecule has 0 radical (unpaired) electrons. The summed E-state index contributed by atoms with van der Waals surface area (Å²) in [5.74, 6) is -0.348. The van der Waals surface area contributed by atoms with E-state index in [9.17, 15) is 9.59 Å². The fourth-order valence-electron chi connectivity index (χ4n) is 3.74. The third-order valence-electron chi connectivity index (χ3n) is 5.49. The van der Waals surface area contributed by atoms with Crippen LogP contribution in [0.25, 0.3) is 0 Å². The second-order valence-corrected chi connectivity index (χ2v) is 8.92. The van der Waals surface area contributed by atoms with Crippen LogP contribution >= 0.6 is 35.4 Å². The van der Waals surface area contributed by atoms with Crippen LogP contribution in [0.2, 0.25) is 10.0 Å². The molecule has 1 fully saturated rings. The molecule has 0 atom stereocenters. The Morgan fingerprint density at radius 1 is 0.794 bits per heavy atom. The van der Waals surface area contributed by atoms with Crippen molar-refractivity contribution in [2.24, 2.45) is 0 Å². The Kier molecular flexibility index (Phi) is 7.67. The van der Waals surface area contributed by atoms with Crippen LogP contribution in [0, 0.1) is 0 Å². The summed E-state index contributed by atoms with van der Waals surface area (Å²) in [6.45, 7) is 2.58. The summed E-state index contributed by atoms with van der Waals surface area (Å²) in [7, 11) is 0. The second-order valence-electron chi connectivity index (χ2n) is 7.70. The van der Waals surface area contributed by atoms with Crippen molar-refractivity contribution in [2.45, 2.75) is 0 Å². The van der Waals surface area contributed by atoms with Gasteiger partial charge in [0.05, 0.1) is 21.4 Å². The first-order chi connectivity index (χ1) is 16.4. The monoisotopic (exact) mass is 512 g/mol. The number of hydrogen-bond donors (Lipinski definition) is 2. The lowest BCUT2D eigenvalue weighted by Crippen LogP contribution is -2.49. The highest BCUT2D eigenvalue weighted by Crippen LogP contribution is 2.27. The maximum atomic E-state index is 12.7. The van der Waals surface area contributed by atoms with Crippen molar-refractivity contribution >= 4 is 63.7 Å². The molecule has 0 spiro atoms. The van der Waals surface area contributed by atoms with Gasteiger partial charge in [-0.2, -0.15) is 0 Å². The number of benzene rings is 3. The zero-order valence-corrected chi connectivity index (χ0v) is 20.5. The molecule has 3 aromatic carbocycles. The van der Waals surface area contributed by atoms with E-state index in [1.165, 1.54) is 6.07 Å². The van der Waals surface area contributed by atoms with E-state index in [0.29, 0.717) is 47.4 Å². The molecule has 0 unspecified atom stereocenters. The Labute approximate surface area is 213 Å². The van der Waals surface area contributed by atoms with Crippen molar-refractivity contribution in [3.63, 3.8) is 0 Å². The maximum Gasteiger partial charge on any atom is 0.257 e. The van der Waals surface area contributed by atoms with Crippen molar-refractivity contribution in [3.05, 3.63) is 94.0 Å². The number of carbonyl (C=O) groups excluding carboxylic acids is 2. The minimum atomic E-state index is -0.387. The topological polar surface area (TPSA) is 64.7 Å². The van der Waals surface area contributed by atoms with E-state index in [4.69, 9.17) is 35.4 Å². The first kappa shape index (κ1) is 24.0. The first-order valence-corrected chi connectivity index (χ1v) is 11.8. The van der Waals surface area contributed by atoms with Crippen molar-refractivity contribution in [1.82, 2.24) is 10.2 Å². The van der Waals surface area contributed by atoms with Gasteiger partial charge in [0.25, 0.3) is 11.8 Å².